The molecular formula is C24H25N5OS. The first-order valence-corrected chi connectivity index (χ1v) is 11.5. The highest BCUT2D eigenvalue weighted by Gasteiger charge is 2.15. The number of hydrogen-bond acceptors (Lipinski definition) is 4. The maximum atomic E-state index is 12.5. The molecule has 1 aliphatic heterocycles. The topological polar surface area (TPSA) is 64.7 Å². The lowest BCUT2D eigenvalue weighted by Crippen LogP contribution is -2.14. The fourth-order valence-electron chi connectivity index (χ4n) is 4.19. The van der Waals surface area contributed by atoms with Crippen LogP contribution in [-0.2, 0) is 24.2 Å². The Balaban J connectivity index is 1.25. The molecule has 3 aromatic heterocycles. The third-order valence-electron chi connectivity index (χ3n) is 5.77. The zero-order valence-electron chi connectivity index (χ0n) is 17.8. The number of carbonyl (C=O) groups is 1. The highest BCUT2D eigenvalue weighted by molar-refractivity contribution is 7.12. The average molecular weight is 432 g/mol. The van der Waals surface area contributed by atoms with Gasteiger partial charge in [-0.2, -0.15) is 0 Å². The summed E-state index contributed by atoms with van der Waals surface area (Å²) in [6.07, 6.45) is 5.78. The number of imidazole rings is 1. The molecule has 1 aliphatic rings. The fraction of sp³-hybridized carbons (Fsp3) is 0.292. The Morgan fingerprint density at radius 1 is 1.10 bits per heavy atom. The van der Waals surface area contributed by atoms with Crippen molar-refractivity contribution in [3.05, 3.63) is 70.8 Å². The standard InChI is InChI=1S/C24H25N5OS/c1-16-6-7-17(2)29(16)24-27-20(15-31-24)13-22(30)26-19-10-8-18(9-11-19)23-25-14-21-5-3-4-12-28(21)23/h6-11,14-15H,3-5,12-13H2,1-2H3,(H,26,30). The number of carbonyl (C=O) groups excluding carboxylic acids is 1. The van der Waals surface area contributed by atoms with Crippen LogP contribution < -0.4 is 5.32 Å². The summed E-state index contributed by atoms with van der Waals surface area (Å²) < 4.78 is 4.42. The normalized spacial score (nSPS) is 13.2. The van der Waals surface area contributed by atoms with Crippen molar-refractivity contribution in [1.29, 1.82) is 0 Å². The first-order chi connectivity index (χ1) is 15.1. The highest BCUT2D eigenvalue weighted by atomic mass is 32.1. The molecule has 0 aliphatic carbocycles. The molecule has 0 radical (unpaired) electrons. The third-order valence-corrected chi connectivity index (χ3v) is 6.65. The van der Waals surface area contributed by atoms with E-state index in [1.165, 1.54) is 18.5 Å². The van der Waals surface area contributed by atoms with Crippen LogP contribution in [0.15, 0.2) is 48.0 Å². The van der Waals surface area contributed by atoms with Crippen molar-refractivity contribution in [2.75, 3.05) is 5.32 Å². The largest absolute Gasteiger partial charge is 0.328 e. The maximum Gasteiger partial charge on any atom is 0.230 e. The van der Waals surface area contributed by atoms with Crippen molar-refractivity contribution >= 4 is 22.9 Å². The molecule has 4 heterocycles. The van der Waals surface area contributed by atoms with Gasteiger partial charge >= 0.3 is 0 Å². The molecule has 158 valence electrons. The predicted molar refractivity (Wildman–Crippen MR) is 124 cm³/mol. The van der Waals surface area contributed by atoms with E-state index in [9.17, 15) is 4.79 Å². The lowest BCUT2D eigenvalue weighted by Gasteiger charge is -2.16. The lowest BCUT2D eigenvalue weighted by atomic mass is 10.1. The molecule has 0 bridgehead atoms. The van der Waals surface area contributed by atoms with E-state index in [-0.39, 0.29) is 12.3 Å². The van der Waals surface area contributed by atoms with Gasteiger partial charge in [0.2, 0.25) is 5.91 Å². The summed E-state index contributed by atoms with van der Waals surface area (Å²) in [6, 6.07) is 12.1. The van der Waals surface area contributed by atoms with Crippen molar-refractivity contribution in [2.24, 2.45) is 0 Å². The van der Waals surface area contributed by atoms with Gasteiger partial charge in [-0.3, -0.25) is 9.36 Å². The van der Waals surface area contributed by atoms with Gasteiger partial charge in [-0.1, -0.05) is 0 Å². The molecule has 6 nitrogen and oxygen atoms in total. The number of aryl methyl sites for hydroxylation is 3. The van der Waals surface area contributed by atoms with Crippen LogP contribution in [0, 0.1) is 13.8 Å². The number of hydrogen-bond donors (Lipinski definition) is 1. The number of fused-ring (bicyclic) bond motifs is 1. The Labute approximate surface area is 185 Å². The van der Waals surface area contributed by atoms with Crippen LogP contribution in [0.5, 0.6) is 0 Å². The number of nitrogens with zero attached hydrogens (tertiary/aromatic N) is 4. The van der Waals surface area contributed by atoms with Gasteiger partial charge in [-0.25, -0.2) is 9.97 Å². The summed E-state index contributed by atoms with van der Waals surface area (Å²) in [5.41, 5.74) is 6.24. The minimum Gasteiger partial charge on any atom is -0.328 e. The molecule has 1 N–H and O–H groups in total. The molecule has 1 amide bonds. The summed E-state index contributed by atoms with van der Waals surface area (Å²) in [6.45, 7) is 5.15. The molecule has 31 heavy (non-hydrogen) atoms. The number of benzene rings is 1. The molecule has 4 aromatic rings. The van der Waals surface area contributed by atoms with Crippen molar-refractivity contribution in [3.63, 3.8) is 0 Å². The molecule has 0 saturated carbocycles. The second-order valence-electron chi connectivity index (χ2n) is 8.06. The Bertz CT molecular complexity index is 1210. The van der Waals surface area contributed by atoms with Crippen molar-refractivity contribution in [1.82, 2.24) is 19.1 Å². The highest BCUT2D eigenvalue weighted by Crippen LogP contribution is 2.26. The van der Waals surface area contributed by atoms with Gasteiger partial charge in [0.1, 0.15) is 5.82 Å². The van der Waals surface area contributed by atoms with Gasteiger partial charge in [0.15, 0.2) is 5.13 Å². The number of aromatic nitrogens is 4. The zero-order valence-corrected chi connectivity index (χ0v) is 18.6. The summed E-state index contributed by atoms with van der Waals surface area (Å²) in [5.74, 6) is 0.946. The Hall–Kier alpha value is -3.19. The van der Waals surface area contributed by atoms with Gasteiger partial charge in [0, 0.05) is 46.5 Å². The van der Waals surface area contributed by atoms with Crippen LogP contribution in [0.25, 0.3) is 16.5 Å². The molecule has 7 heteroatoms. The fourth-order valence-corrected chi connectivity index (χ4v) is 5.13. The second-order valence-corrected chi connectivity index (χ2v) is 8.89. The van der Waals surface area contributed by atoms with Gasteiger partial charge in [-0.15, -0.1) is 11.3 Å². The molecule has 0 spiro atoms. The number of rotatable bonds is 5. The van der Waals surface area contributed by atoms with Crippen LogP contribution in [-0.4, -0.2) is 25.0 Å². The van der Waals surface area contributed by atoms with Crippen LogP contribution >= 0.6 is 11.3 Å². The molecule has 0 unspecified atom stereocenters. The number of anilines is 1. The van der Waals surface area contributed by atoms with E-state index in [4.69, 9.17) is 0 Å². The van der Waals surface area contributed by atoms with E-state index in [1.807, 2.05) is 35.8 Å². The van der Waals surface area contributed by atoms with E-state index in [0.717, 1.165) is 52.3 Å². The number of nitrogens with one attached hydrogen (secondary N) is 1. The van der Waals surface area contributed by atoms with E-state index >= 15 is 0 Å². The zero-order chi connectivity index (χ0) is 21.4. The third kappa shape index (κ3) is 3.93. The van der Waals surface area contributed by atoms with Crippen molar-refractivity contribution in [2.45, 2.75) is 46.1 Å². The second kappa shape index (κ2) is 8.15. The monoisotopic (exact) mass is 431 g/mol. The number of thiazole rings is 1. The Morgan fingerprint density at radius 3 is 2.65 bits per heavy atom. The Morgan fingerprint density at radius 2 is 1.87 bits per heavy atom. The van der Waals surface area contributed by atoms with E-state index < -0.39 is 0 Å². The lowest BCUT2D eigenvalue weighted by molar-refractivity contribution is -0.115. The molecule has 0 atom stereocenters. The summed E-state index contributed by atoms with van der Waals surface area (Å²) in [7, 11) is 0. The van der Waals surface area contributed by atoms with Crippen molar-refractivity contribution in [3.8, 4) is 16.5 Å². The van der Waals surface area contributed by atoms with Crippen LogP contribution in [0.2, 0.25) is 0 Å². The predicted octanol–water partition coefficient (Wildman–Crippen LogP) is 4.93. The summed E-state index contributed by atoms with van der Waals surface area (Å²) in [4.78, 5) is 21.8. The smallest absolute Gasteiger partial charge is 0.230 e. The summed E-state index contributed by atoms with van der Waals surface area (Å²) >= 11 is 1.56. The quantitative estimate of drug-likeness (QED) is 0.487. The molecule has 5 rings (SSSR count). The van der Waals surface area contributed by atoms with Gasteiger partial charge in [-0.05, 0) is 69.5 Å². The molecule has 0 saturated heterocycles. The van der Waals surface area contributed by atoms with E-state index in [0.29, 0.717) is 0 Å². The van der Waals surface area contributed by atoms with Gasteiger partial charge in [0.05, 0.1) is 12.1 Å². The SMILES string of the molecule is Cc1ccc(C)n1-c1nc(CC(=O)Nc2ccc(-c3ncc4n3CCCC4)cc2)cs1. The Kier molecular flexibility index (Phi) is 5.19. The minimum atomic E-state index is -0.0660. The van der Waals surface area contributed by atoms with Gasteiger partial charge in [0.25, 0.3) is 0 Å². The van der Waals surface area contributed by atoms with Crippen LogP contribution in [0.1, 0.15) is 35.6 Å². The maximum absolute atomic E-state index is 12.5. The van der Waals surface area contributed by atoms with Gasteiger partial charge < -0.3 is 9.88 Å². The molecule has 0 fully saturated rings. The minimum absolute atomic E-state index is 0.0660. The van der Waals surface area contributed by atoms with Crippen LogP contribution in [0.4, 0.5) is 5.69 Å². The average Bonchev–Trinajstić information content (AvgIpc) is 3.47. The molecular weight excluding hydrogens is 406 g/mol. The van der Waals surface area contributed by atoms with E-state index in [2.05, 4.69) is 50.4 Å². The first kappa shape index (κ1) is 19.8. The van der Waals surface area contributed by atoms with Crippen molar-refractivity contribution < 1.29 is 4.79 Å². The first-order valence-electron chi connectivity index (χ1n) is 10.6. The number of amides is 1. The molecule has 1 aromatic carbocycles. The van der Waals surface area contributed by atoms with E-state index in [1.54, 1.807) is 11.3 Å². The summed E-state index contributed by atoms with van der Waals surface area (Å²) in [5, 5.41) is 5.84. The van der Waals surface area contributed by atoms with Crippen LogP contribution in [0.3, 0.4) is 0 Å².